The molecule has 1 aliphatic rings. The van der Waals surface area contributed by atoms with Gasteiger partial charge in [-0.3, -0.25) is 0 Å². The number of hydrogen-bond donors (Lipinski definition) is 1. The van der Waals surface area contributed by atoms with Gasteiger partial charge < -0.3 is 10.1 Å². The predicted molar refractivity (Wildman–Crippen MR) is 85.6 cm³/mol. The molecule has 0 saturated heterocycles. The van der Waals surface area contributed by atoms with Crippen molar-refractivity contribution in [3.8, 4) is 5.75 Å². The summed E-state index contributed by atoms with van der Waals surface area (Å²) in [5, 5.41) is 3.67. The van der Waals surface area contributed by atoms with Crippen molar-refractivity contribution >= 4 is 0 Å². The summed E-state index contributed by atoms with van der Waals surface area (Å²) < 4.78 is 6.39. The van der Waals surface area contributed by atoms with Crippen molar-refractivity contribution in [2.24, 2.45) is 0 Å². The van der Waals surface area contributed by atoms with Crippen LogP contribution in [0.2, 0.25) is 0 Å². The minimum atomic E-state index is 0.329. The molecule has 1 aliphatic carbocycles. The van der Waals surface area contributed by atoms with Crippen LogP contribution in [0.15, 0.2) is 12.1 Å². The Bertz CT molecular complexity index is 441. The first-order valence-corrected chi connectivity index (χ1v) is 8.09. The molecule has 1 N–H and O–H groups in total. The van der Waals surface area contributed by atoms with Crippen LogP contribution in [0.25, 0.3) is 0 Å². The van der Waals surface area contributed by atoms with E-state index in [0.717, 1.165) is 12.3 Å². The van der Waals surface area contributed by atoms with Crippen molar-refractivity contribution in [1.82, 2.24) is 5.32 Å². The Kier molecular flexibility index (Phi) is 5.47. The van der Waals surface area contributed by atoms with Gasteiger partial charge in [0, 0.05) is 6.04 Å². The van der Waals surface area contributed by atoms with Crippen LogP contribution in [0.4, 0.5) is 0 Å². The second kappa shape index (κ2) is 7.12. The summed E-state index contributed by atoms with van der Waals surface area (Å²) in [7, 11) is 0. The summed E-state index contributed by atoms with van der Waals surface area (Å²) in [4.78, 5) is 0. The lowest BCUT2D eigenvalue weighted by Crippen LogP contribution is -2.45. The smallest absolute Gasteiger partial charge is 0.123 e. The molecule has 2 atom stereocenters. The second-order valence-electron chi connectivity index (χ2n) is 6.21. The summed E-state index contributed by atoms with van der Waals surface area (Å²) in [6.07, 6.45) is 6.55. The van der Waals surface area contributed by atoms with Gasteiger partial charge in [0.2, 0.25) is 0 Å². The lowest BCUT2D eigenvalue weighted by Gasteiger charge is -2.33. The molecule has 0 bridgehead atoms. The minimum absolute atomic E-state index is 0.329. The van der Waals surface area contributed by atoms with Crippen LogP contribution < -0.4 is 10.1 Å². The standard InChI is InChI=1S/C18H29NO/c1-5-10-19-16-8-6-7-9-17(16)20-18-12-13(2)11-14(3)15(18)4/h11-12,16-17,19H,5-10H2,1-4H3. The molecule has 0 heterocycles. The van der Waals surface area contributed by atoms with E-state index in [4.69, 9.17) is 4.74 Å². The van der Waals surface area contributed by atoms with Crippen LogP contribution in [0.3, 0.4) is 0 Å². The van der Waals surface area contributed by atoms with Gasteiger partial charge in [0.1, 0.15) is 11.9 Å². The second-order valence-corrected chi connectivity index (χ2v) is 6.21. The predicted octanol–water partition coefficient (Wildman–Crippen LogP) is 4.30. The molecule has 0 aromatic heterocycles. The van der Waals surface area contributed by atoms with Crippen molar-refractivity contribution in [3.63, 3.8) is 0 Å². The molecule has 1 fully saturated rings. The maximum Gasteiger partial charge on any atom is 0.123 e. The Morgan fingerprint density at radius 3 is 2.65 bits per heavy atom. The van der Waals surface area contributed by atoms with Gasteiger partial charge in [0.05, 0.1) is 0 Å². The fraction of sp³-hybridized carbons (Fsp3) is 0.667. The molecule has 20 heavy (non-hydrogen) atoms. The Morgan fingerprint density at radius 1 is 1.15 bits per heavy atom. The molecule has 2 nitrogen and oxygen atoms in total. The maximum absolute atomic E-state index is 6.39. The quantitative estimate of drug-likeness (QED) is 0.865. The molecule has 0 radical (unpaired) electrons. The van der Waals surface area contributed by atoms with Gasteiger partial charge in [0.15, 0.2) is 0 Å². The van der Waals surface area contributed by atoms with Crippen LogP contribution >= 0.6 is 0 Å². The van der Waals surface area contributed by atoms with Crippen LogP contribution in [0.5, 0.6) is 5.75 Å². The van der Waals surface area contributed by atoms with E-state index in [0.29, 0.717) is 12.1 Å². The van der Waals surface area contributed by atoms with E-state index in [1.54, 1.807) is 0 Å². The van der Waals surface area contributed by atoms with Gasteiger partial charge in [-0.2, -0.15) is 0 Å². The number of benzene rings is 1. The van der Waals surface area contributed by atoms with E-state index in [1.165, 1.54) is 48.8 Å². The number of rotatable bonds is 5. The van der Waals surface area contributed by atoms with Crippen molar-refractivity contribution in [2.75, 3.05) is 6.54 Å². The van der Waals surface area contributed by atoms with E-state index in [-0.39, 0.29) is 0 Å². The third-order valence-corrected chi connectivity index (χ3v) is 4.40. The van der Waals surface area contributed by atoms with Crippen LogP contribution in [-0.4, -0.2) is 18.7 Å². The number of hydrogen-bond acceptors (Lipinski definition) is 2. The lowest BCUT2D eigenvalue weighted by molar-refractivity contribution is 0.113. The third-order valence-electron chi connectivity index (χ3n) is 4.40. The van der Waals surface area contributed by atoms with E-state index in [1.807, 2.05) is 0 Å². The van der Waals surface area contributed by atoms with Crippen molar-refractivity contribution in [3.05, 3.63) is 28.8 Å². The highest BCUT2D eigenvalue weighted by molar-refractivity contribution is 5.42. The maximum atomic E-state index is 6.39. The molecular formula is C18H29NO. The summed E-state index contributed by atoms with van der Waals surface area (Å²) in [6.45, 7) is 9.80. The molecule has 0 aliphatic heterocycles. The van der Waals surface area contributed by atoms with Gasteiger partial charge in [-0.05, 0) is 75.8 Å². The zero-order chi connectivity index (χ0) is 14.5. The fourth-order valence-electron chi connectivity index (χ4n) is 3.09. The lowest BCUT2D eigenvalue weighted by atomic mass is 9.92. The SMILES string of the molecule is CCCNC1CCCCC1Oc1cc(C)cc(C)c1C. The van der Waals surface area contributed by atoms with Crippen molar-refractivity contribution in [2.45, 2.75) is 71.9 Å². The molecule has 2 rings (SSSR count). The molecule has 1 saturated carbocycles. The van der Waals surface area contributed by atoms with E-state index < -0.39 is 0 Å². The molecule has 1 aromatic rings. The molecule has 0 spiro atoms. The van der Waals surface area contributed by atoms with Gasteiger partial charge >= 0.3 is 0 Å². The first-order chi connectivity index (χ1) is 9.61. The van der Waals surface area contributed by atoms with Gasteiger partial charge in [-0.15, -0.1) is 0 Å². The first-order valence-electron chi connectivity index (χ1n) is 8.09. The molecule has 2 unspecified atom stereocenters. The molecule has 0 amide bonds. The molecular weight excluding hydrogens is 246 g/mol. The van der Waals surface area contributed by atoms with Crippen LogP contribution in [0, 0.1) is 20.8 Å². The van der Waals surface area contributed by atoms with Crippen molar-refractivity contribution < 1.29 is 4.74 Å². The number of aryl methyl sites for hydroxylation is 2. The monoisotopic (exact) mass is 275 g/mol. The Balaban J connectivity index is 2.10. The van der Waals surface area contributed by atoms with Gasteiger partial charge in [0.25, 0.3) is 0 Å². The molecule has 112 valence electrons. The Hall–Kier alpha value is -1.02. The van der Waals surface area contributed by atoms with E-state index in [2.05, 4.69) is 45.1 Å². The van der Waals surface area contributed by atoms with Crippen LogP contribution in [-0.2, 0) is 0 Å². The van der Waals surface area contributed by atoms with Crippen molar-refractivity contribution in [1.29, 1.82) is 0 Å². The molecule has 2 heteroatoms. The number of ether oxygens (including phenoxy) is 1. The van der Waals surface area contributed by atoms with Gasteiger partial charge in [-0.1, -0.05) is 19.4 Å². The number of nitrogens with one attached hydrogen (secondary N) is 1. The average Bonchev–Trinajstić information content (AvgIpc) is 2.43. The van der Waals surface area contributed by atoms with E-state index in [9.17, 15) is 0 Å². The Labute approximate surface area is 123 Å². The third kappa shape index (κ3) is 3.76. The zero-order valence-corrected chi connectivity index (χ0v) is 13.5. The zero-order valence-electron chi connectivity index (χ0n) is 13.5. The first kappa shape index (κ1) is 15.4. The highest BCUT2D eigenvalue weighted by Gasteiger charge is 2.26. The summed E-state index contributed by atoms with van der Waals surface area (Å²) in [5.41, 5.74) is 3.90. The molecule has 1 aromatic carbocycles. The summed E-state index contributed by atoms with van der Waals surface area (Å²) in [5.74, 6) is 1.08. The summed E-state index contributed by atoms with van der Waals surface area (Å²) >= 11 is 0. The van der Waals surface area contributed by atoms with Gasteiger partial charge in [-0.25, -0.2) is 0 Å². The fourth-order valence-corrected chi connectivity index (χ4v) is 3.09. The summed E-state index contributed by atoms with van der Waals surface area (Å²) in [6, 6.07) is 4.94. The highest BCUT2D eigenvalue weighted by Crippen LogP contribution is 2.28. The minimum Gasteiger partial charge on any atom is -0.489 e. The topological polar surface area (TPSA) is 21.3 Å². The average molecular weight is 275 g/mol. The Morgan fingerprint density at radius 2 is 1.90 bits per heavy atom. The normalized spacial score (nSPS) is 22.8. The van der Waals surface area contributed by atoms with Crippen LogP contribution in [0.1, 0.15) is 55.7 Å². The largest absolute Gasteiger partial charge is 0.489 e. The van der Waals surface area contributed by atoms with E-state index >= 15 is 0 Å². The highest BCUT2D eigenvalue weighted by atomic mass is 16.5.